The van der Waals surface area contributed by atoms with Crippen molar-refractivity contribution in [2.75, 3.05) is 17.0 Å². The van der Waals surface area contributed by atoms with Crippen LogP contribution < -0.4 is 16.6 Å². The molecule has 2 atom stereocenters. The molecule has 1 saturated carbocycles. The molecule has 0 amide bonds. The number of hydrogen-bond acceptors (Lipinski definition) is 6. The molecule has 18 heavy (non-hydrogen) atoms. The minimum atomic E-state index is 0.505. The molecule has 0 saturated heterocycles. The summed E-state index contributed by atoms with van der Waals surface area (Å²) >= 11 is 1.94. The van der Waals surface area contributed by atoms with Crippen LogP contribution in [0.5, 0.6) is 0 Å². The number of aromatic nitrogens is 2. The molecule has 0 radical (unpaired) electrons. The Bertz CT molecular complexity index is 398. The van der Waals surface area contributed by atoms with E-state index in [1.165, 1.54) is 19.3 Å². The average Bonchev–Trinajstić information content (AvgIpc) is 2.85. The van der Waals surface area contributed by atoms with Crippen LogP contribution in [0.3, 0.4) is 0 Å². The van der Waals surface area contributed by atoms with Gasteiger partial charge in [-0.05, 0) is 25.5 Å². The smallest absolute Gasteiger partial charge is 0.148 e. The molecular formula is C12H21N5S. The highest BCUT2D eigenvalue weighted by Gasteiger charge is 2.27. The highest BCUT2D eigenvalue weighted by atomic mass is 32.2. The van der Waals surface area contributed by atoms with E-state index in [9.17, 15) is 0 Å². The SMILES string of the molecule is CCc1c(NN)ncnc1NC1CCCC1SC. The Morgan fingerprint density at radius 3 is 2.83 bits per heavy atom. The lowest BCUT2D eigenvalue weighted by Crippen LogP contribution is -2.27. The highest BCUT2D eigenvalue weighted by Crippen LogP contribution is 2.31. The first-order valence-electron chi connectivity index (χ1n) is 6.40. The van der Waals surface area contributed by atoms with Crippen LogP contribution in [0.1, 0.15) is 31.7 Å². The average molecular weight is 267 g/mol. The molecule has 1 fully saturated rings. The molecule has 2 rings (SSSR count). The minimum absolute atomic E-state index is 0.505. The Kier molecular flexibility index (Phi) is 4.66. The summed E-state index contributed by atoms with van der Waals surface area (Å²) in [4.78, 5) is 8.51. The van der Waals surface area contributed by atoms with E-state index in [1.54, 1.807) is 6.33 Å². The van der Waals surface area contributed by atoms with E-state index in [-0.39, 0.29) is 0 Å². The van der Waals surface area contributed by atoms with Crippen LogP contribution in [0.4, 0.5) is 11.6 Å². The number of thioether (sulfide) groups is 1. The summed E-state index contributed by atoms with van der Waals surface area (Å²) in [6, 6.07) is 0.505. The number of anilines is 2. The third-order valence-electron chi connectivity index (χ3n) is 3.51. The van der Waals surface area contributed by atoms with Gasteiger partial charge in [-0.15, -0.1) is 0 Å². The van der Waals surface area contributed by atoms with Crippen molar-refractivity contribution in [3.8, 4) is 0 Å². The number of nitrogens with one attached hydrogen (secondary N) is 2. The second-order valence-electron chi connectivity index (χ2n) is 4.50. The normalized spacial score (nSPS) is 23.1. The van der Waals surface area contributed by atoms with Gasteiger partial charge in [-0.25, -0.2) is 15.8 Å². The third-order valence-corrected chi connectivity index (χ3v) is 4.68. The highest BCUT2D eigenvalue weighted by molar-refractivity contribution is 7.99. The minimum Gasteiger partial charge on any atom is -0.366 e. The van der Waals surface area contributed by atoms with E-state index in [4.69, 9.17) is 5.84 Å². The first kappa shape index (κ1) is 13.4. The Balaban J connectivity index is 2.18. The zero-order valence-corrected chi connectivity index (χ0v) is 11.8. The van der Waals surface area contributed by atoms with E-state index < -0.39 is 0 Å². The molecular weight excluding hydrogens is 246 g/mol. The van der Waals surface area contributed by atoms with E-state index >= 15 is 0 Å². The summed E-state index contributed by atoms with van der Waals surface area (Å²) in [7, 11) is 0. The van der Waals surface area contributed by atoms with Gasteiger partial charge in [0, 0.05) is 16.9 Å². The van der Waals surface area contributed by atoms with Crippen LogP contribution in [0.15, 0.2) is 6.33 Å². The third kappa shape index (κ3) is 2.70. The molecule has 1 aromatic heterocycles. The van der Waals surface area contributed by atoms with Gasteiger partial charge in [0.1, 0.15) is 18.0 Å². The monoisotopic (exact) mass is 267 g/mol. The largest absolute Gasteiger partial charge is 0.366 e. The molecule has 2 unspecified atom stereocenters. The van der Waals surface area contributed by atoms with Crippen LogP contribution in [0, 0.1) is 0 Å². The molecule has 0 aromatic carbocycles. The van der Waals surface area contributed by atoms with Crippen molar-refractivity contribution < 1.29 is 0 Å². The molecule has 0 bridgehead atoms. The molecule has 0 aliphatic heterocycles. The van der Waals surface area contributed by atoms with Gasteiger partial charge in [-0.1, -0.05) is 13.3 Å². The second kappa shape index (κ2) is 6.24. The van der Waals surface area contributed by atoms with Gasteiger partial charge >= 0.3 is 0 Å². The number of nitrogen functional groups attached to an aromatic ring is 1. The fourth-order valence-corrected chi connectivity index (χ4v) is 3.48. The Labute approximate surface area is 112 Å². The van der Waals surface area contributed by atoms with E-state index in [1.807, 2.05) is 11.8 Å². The summed E-state index contributed by atoms with van der Waals surface area (Å²) in [5.74, 6) is 7.12. The molecule has 1 aliphatic rings. The van der Waals surface area contributed by atoms with Crippen molar-refractivity contribution in [1.29, 1.82) is 0 Å². The van der Waals surface area contributed by atoms with Gasteiger partial charge in [0.2, 0.25) is 0 Å². The Hall–Kier alpha value is -1.01. The fourth-order valence-electron chi connectivity index (χ4n) is 2.54. The maximum absolute atomic E-state index is 5.48. The molecule has 100 valence electrons. The van der Waals surface area contributed by atoms with E-state index in [0.717, 1.165) is 17.8 Å². The molecule has 0 spiro atoms. The molecule has 4 N–H and O–H groups in total. The topological polar surface area (TPSA) is 75.9 Å². The van der Waals surface area contributed by atoms with Crippen LogP contribution in [-0.4, -0.2) is 27.5 Å². The lowest BCUT2D eigenvalue weighted by molar-refractivity contribution is 0.759. The molecule has 6 heteroatoms. The van der Waals surface area contributed by atoms with Gasteiger partial charge in [0.25, 0.3) is 0 Å². The first-order valence-corrected chi connectivity index (χ1v) is 7.68. The number of nitrogens with zero attached hydrogens (tertiary/aromatic N) is 2. The number of hydrazine groups is 1. The second-order valence-corrected chi connectivity index (χ2v) is 5.58. The standard InChI is InChI=1S/C12H21N5S/c1-3-8-11(14-7-15-12(8)17-13)16-9-5-4-6-10(9)18-2/h7,9-10H,3-6,13H2,1-2H3,(H2,14,15,16,17). The summed E-state index contributed by atoms with van der Waals surface area (Å²) in [6.45, 7) is 2.09. The van der Waals surface area contributed by atoms with Crippen LogP contribution >= 0.6 is 11.8 Å². The summed E-state index contributed by atoms with van der Waals surface area (Å²) in [6.07, 6.45) is 8.38. The van der Waals surface area contributed by atoms with Crippen molar-refractivity contribution in [2.24, 2.45) is 5.84 Å². The van der Waals surface area contributed by atoms with Crippen molar-refractivity contribution in [2.45, 2.75) is 43.9 Å². The van der Waals surface area contributed by atoms with E-state index in [0.29, 0.717) is 17.1 Å². The van der Waals surface area contributed by atoms with Gasteiger partial charge < -0.3 is 10.7 Å². The van der Waals surface area contributed by atoms with Crippen LogP contribution in [0.2, 0.25) is 0 Å². The predicted molar refractivity (Wildman–Crippen MR) is 77.8 cm³/mol. The van der Waals surface area contributed by atoms with Gasteiger partial charge in [-0.3, -0.25) is 0 Å². The molecule has 5 nitrogen and oxygen atoms in total. The Morgan fingerprint density at radius 1 is 1.39 bits per heavy atom. The lowest BCUT2D eigenvalue weighted by atomic mass is 10.2. The predicted octanol–water partition coefficient (Wildman–Crippen LogP) is 2.02. The maximum Gasteiger partial charge on any atom is 0.148 e. The number of rotatable bonds is 5. The van der Waals surface area contributed by atoms with E-state index in [2.05, 4.69) is 33.9 Å². The van der Waals surface area contributed by atoms with Crippen LogP contribution in [-0.2, 0) is 6.42 Å². The first-order chi connectivity index (χ1) is 8.80. The quantitative estimate of drug-likeness (QED) is 0.560. The Morgan fingerprint density at radius 2 is 2.17 bits per heavy atom. The maximum atomic E-state index is 5.48. The van der Waals surface area contributed by atoms with Crippen molar-refractivity contribution >= 4 is 23.4 Å². The lowest BCUT2D eigenvalue weighted by Gasteiger charge is -2.21. The zero-order valence-electron chi connectivity index (χ0n) is 10.9. The fraction of sp³-hybridized carbons (Fsp3) is 0.667. The summed E-state index contributed by atoms with van der Waals surface area (Å²) in [5.41, 5.74) is 3.70. The summed E-state index contributed by atoms with van der Waals surface area (Å²) in [5, 5.41) is 4.25. The zero-order chi connectivity index (χ0) is 13.0. The molecule has 1 aliphatic carbocycles. The van der Waals surface area contributed by atoms with Crippen molar-refractivity contribution in [3.05, 3.63) is 11.9 Å². The molecule has 1 aromatic rings. The molecule has 1 heterocycles. The van der Waals surface area contributed by atoms with Crippen molar-refractivity contribution in [1.82, 2.24) is 9.97 Å². The van der Waals surface area contributed by atoms with Gasteiger partial charge in [0.15, 0.2) is 0 Å². The summed E-state index contributed by atoms with van der Waals surface area (Å²) < 4.78 is 0. The van der Waals surface area contributed by atoms with Gasteiger partial charge in [-0.2, -0.15) is 11.8 Å². The van der Waals surface area contributed by atoms with Gasteiger partial charge in [0.05, 0.1) is 0 Å². The number of nitrogens with two attached hydrogens (primary N) is 1. The number of hydrogen-bond donors (Lipinski definition) is 3. The van der Waals surface area contributed by atoms with Crippen molar-refractivity contribution in [3.63, 3.8) is 0 Å². The van der Waals surface area contributed by atoms with Crippen LogP contribution in [0.25, 0.3) is 0 Å².